The molecule has 0 saturated carbocycles. The first-order chi connectivity index (χ1) is 4.75. The normalized spacial score (nSPS) is 39.6. The number of hydrogen-bond donors (Lipinski definition) is 0. The lowest BCUT2D eigenvalue weighted by Crippen LogP contribution is -2.21. The zero-order valence-electron chi connectivity index (χ0n) is 6.58. The van der Waals surface area contributed by atoms with Gasteiger partial charge in [0.15, 0.2) is 0 Å². The van der Waals surface area contributed by atoms with Crippen LogP contribution in [-0.2, 0) is 4.79 Å². The molecular formula is C9H14O. The third kappa shape index (κ3) is 1.28. The van der Waals surface area contributed by atoms with Crippen molar-refractivity contribution in [3.63, 3.8) is 0 Å². The van der Waals surface area contributed by atoms with Crippen LogP contribution in [0.3, 0.4) is 0 Å². The van der Waals surface area contributed by atoms with Crippen LogP contribution < -0.4 is 0 Å². The maximum Gasteiger partial charge on any atom is 0.127 e. The number of carbonyl (C=O) groups excluding carboxylic acids is 1. The molecule has 0 aromatic heterocycles. The van der Waals surface area contributed by atoms with Gasteiger partial charge in [0.05, 0.1) is 0 Å². The molecule has 0 saturated heterocycles. The van der Waals surface area contributed by atoms with Gasteiger partial charge in [-0.3, -0.25) is 0 Å². The van der Waals surface area contributed by atoms with Crippen molar-refractivity contribution < 1.29 is 4.79 Å². The van der Waals surface area contributed by atoms with Gasteiger partial charge in [0.1, 0.15) is 6.29 Å². The van der Waals surface area contributed by atoms with Crippen LogP contribution >= 0.6 is 0 Å². The lowest BCUT2D eigenvalue weighted by molar-refractivity contribution is -0.111. The quantitative estimate of drug-likeness (QED) is 0.400. The SMILES string of the molecule is CC1CC=CC(C=O)C1C. The molecule has 1 heteroatoms. The molecule has 0 N–H and O–H groups in total. The van der Waals surface area contributed by atoms with Gasteiger partial charge in [-0.1, -0.05) is 26.0 Å². The van der Waals surface area contributed by atoms with Crippen LogP contribution in [0.25, 0.3) is 0 Å². The van der Waals surface area contributed by atoms with Crippen LogP contribution in [-0.4, -0.2) is 6.29 Å². The first-order valence-corrected chi connectivity index (χ1v) is 3.87. The zero-order chi connectivity index (χ0) is 7.56. The fourth-order valence-corrected chi connectivity index (χ4v) is 1.39. The molecule has 10 heavy (non-hydrogen) atoms. The average molecular weight is 138 g/mol. The van der Waals surface area contributed by atoms with E-state index < -0.39 is 0 Å². The number of carbonyl (C=O) groups is 1. The van der Waals surface area contributed by atoms with Gasteiger partial charge in [-0.15, -0.1) is 0 Å². The first kappa shape index (κ1) is 7.52. The van der Waals surface area contributed by atoms with E-state index in [2.05, 4.69) is 19.9 Å². The fraction of sp³-hybridized carbons (Fsp3) is 0.667. The molecule has 0 aromatic carbocycles. The first-order valence-electron chi connectivity index (χ1n) is 3.87. The topological polar surface area (TPSA) is 17.1 Å². The standard InChI is InChI=1S/C9H14O/c1-7-4-3-5-9(6-10)8(7)2/h3,5-9H,4H2,1-2H3. The van der Waals surface area contributed by atoms with E-state index in [0.717, 1.165) is 12.7 Å². The molecule has 0 heterocycles. The van der Waals surface area contributed by atoms with Crippen LogP contribution in [0.4, 0.5) is 0 Å². The highest BCUT2D eigenvalue weighted by molar-refractivity contribution is 5.57. The highest BCUT2D eigenvalue weighted by atomic mass is 16.1. The molecule has 0 bridgehead atoms. The van der Waals surface area contributed by atoms with Gasteiger partial charge in [0, 0.05) is 5.92 Å². The molecule has 1 aliphatic rings. The van der Waals surface area contributed by atoms with E-state index in [0.29, 0.717) is 11.8 Å². The molecule has 1 aliphatic carbocycles. The van der Waals surface area contributed by atoms with Crippen molar-refractivity contribution in [1.82, 2.24) is 0 Å². The van der Waals surface area contributed by atoms with E-state index in [4.69, 9.17) is 0 Å². The molecule has 1 rings (SSSR count). The smallest absolute Gasteiger partial charge is 0.127 e. The average Bonchev–Trinajstić information content (AvgIpc) is 1.95. The Morgan fingerprint density at radius 2 is 2.20 bits per heavy atom. The number of allylic oxidation sites excluding steroid dienone is 2. The molecule has 0 aromatic rings. The largest absolute Gasteiger partial charge is 0.303 e. The van der Waals surface area contributed by atoms with Crippen molar-refractivity contribution in [2.75, 3.05) is 0 Å². The van der Waals surface area contributed by atoms with Gasteiger partial charge in [0.25, 0.3) is 0 Å². The van der Waals surface area contributed by atoms with E-state index in [1.165, 1.54) is 0 Å². The molecule has 3 atom stereocenters. The molecule has 0 spiro atoms. The van der Waals surface area contributed by atoms with Crippen molar-refractivity contribution in [2.45, 2.75) is 20.3 Å². The molecular weight excluding hydrogens is 124 g/mol. The van der Waals surface area contributed by atoms with E-state index in [1.807, 2.05) is 6.08 Å². The summed E-state index contributed by atoms with van der Waals surface area (Å²) in [5.41, 5.74) is 0. The predicted octanol–water partition coefficient (Wildman–Crippen LogP) is 2.03. The summed E-state index contributed by atoms with van der Waals surface area (Å²) in [7, 11) is 0. The maximum absolute atomic E-state index is 10.5. The zero-order valence-corrected chi connectivity index (χ0v) is 6.58. The summed E-state index contributed by atoms with van der Waals surface area (Å²) in [6.07, 6.45) is 6.32. The van der Waals surface area contributed by atoms with Crippen molar-refractivity contribution in [2.24, 2.45) is 17.8 Å². The van der Waals surface area contributed by atoms with Crippen molar-refractivity contribution >= 4 is 6.29 Å². The Morgan fingerprint density at radius 3 is 2.70 bits per heavy atom. The second kappa shape index (κ2) is 3.00. The second-order valence-corrected chi connectivity index (χ2v) is 3.21. The summed E-state index contributed by atoms with van der Waals surface area (Å²) in [6.45, 7) is 4.35. The van der Waals surface area contributed by atoms with Gasteiger partial charge in [0.2, 0.25) is 0 Å². The Morgan fingerprint density at radius 1 is 1.50 bits per heavy atom. The Kier molecular flexibility index (Phi) is 2.25. The Balaban J connectivity index is 2.65. The minimum absolute atomic E-state index is 0.170. The van der Waals surface area contributed by atoms with Crippen molar-refractivity contribution in [1.29, 1.82) is 0 Å². The van der Waals surface area contributed by atoms with Gasteiger partial charge in [-0.2, -0.15) is 0 Å². The maximum atomic E-state index is 10.5. The summed E-state index contributed by atoms with van der Waals surface area (Å²) in [5.74, 6) is 1.37. The molecule has 56 valence electrons. The summed E-state index contributed by atoms with van der Waals surface area (Å²) in [6, 6.07) is 0. The molecule has 0 radical (unpaired) electrons. The highest BCUT2D eigenvalue weighted by Gasteiger charge is 2.22. The molecule has 1 nitrogen and oxygen atoms in total. The Bertz CT molecular complexity index is 149. The minimum Gasteiger partial charge on any atom is -0.303 e. The third-order valence-electron chi connectivity index (χ3n) is 2.53. The lowest BCUT2D eigenvalue weighted by atomic mass is 9.79. The number of hydrogen-bond acceptors (Lipinski definition) is 1. The summed E-state index contributed by atoms with van der Waals surface area (Å²) in [4.78, 5) is 10.5. The van der Waals surface area contributed by atoms with E-state index in [9.17, 15) is 4.79 Å². The van der Waals surface area contributed by atoms with Gasteiger partial charge >= 0.3 is 0 Å². The Labute approximate surface area is 62.1 Å². The number of rotatable bonds is 1. The van der Waals surface area contributed by atoms with E-state index in [1.54, 1.807) is 0 Å². The van der Waals surface area contributed by atoms with E-state index in [-0.39, 0.29) is 5.92 Å². The molecule has 3 unspecified atom stereocenters. The fourth-order valence-electron chi connectivity index (χ4n) is 1.39. The monoisotopic (exact) mass is 138 g/mol. The van der Waals surface area contributed by atoms with Crippen LogP contribution in [0.5, 0.6) is 0 Å². The van der Waals surface area contributed by atoms with Crippen LogP contribution in [0, 0.1) is 17.8 Å². The highest BCUT2D eigenvalue weighted by Crippen LogP contribution is 2.27. The Hall–Kier alpha value is -0.590. The van der Waals surface area contributed by atoms with Gasteiger partial charge in [-0.25, -0.2) is 0 Å². The van der Waals surface area contributed by atoms with Gasteiger partial charge in [-0.05, 0) is 18.3 Å². The minimum atomic E-state index is 0.170. The van der Waals surface area contributed by atoms with Crippen LogP contribution in [0.15, 0.2) is 12.2 Å². The molecule has 0 aliphatic heterocycles. The van der Waals surface area contributed by atoms with Gasteiger partial charge < -0.3 is 4.79 Å². The van der Waals surface area contributed by atoms with Crippen LogP contribution in [0.1, 0.15) is 20.3 Å². The number of aldehydes is 1. The lowest BCUT2D eigenvalue weighted by Gasteiger charge is -2.25. The summed E-state index contributed by atoms with van der Waals surface area (Å²) >= 11 is 0. The summed E-state index contributed by atoms with van der Waals surface area (Å²) < 4.78 is 0. The van der Waals surface area contributed by atoms with Crippen molar-refractivity contribution in [3.05, 3.63) is 12.2 Å². The predicted molar refractivity (Wildman–Crippen MR) is 41.6 cm³/mol. The molecule has 0 fully saturated rings. The van der Waals surface area contributed by atoms with Crippen LogP contribution in [0.2, 0.25) is 0 Å². The summed E-state index contributed by atoms with van der Waals surface area (Å²) in [5, 5.41) is 0. The second-order valence-electron chi connectivity index (χ2n) is 3.21. The van der Waals surface area contributed by atoms with Crippen molar-refractivity contribution in [3.8, 4) is 0 Å². The molecule has 0 amide bonds. The third-order valence-corrected chi connectivity index (χ3v) is 2.53. The van der Waals surface area contributed by atoms with E-state index >= 15 is 0 Å².